The molecule has 0 aliphatic rings. The highest BCUT2D eigenvalue weighted by atomic mass is 127. The summed E-state index contributed by atoms with van der Waals surface area (Å²) in [7, 11) is 1.67. The van der Waals surface area contributed by atoms with Crippen LogP contribution in [0.5, 0.6) is 0 Å². The summed E-state index contributed by atoms with van der Waals surface area (Å²) in [4.78, 5) is 13.3. The van der Waals surface area contributed by atoms with Crippen LogP contribution in [0.3, 0.4) is 0 Å². The molecule has 0 radical (unpaired) electrons. The van der Waals surface area contributed by atoms with Gasteiger partial charge in [-0.05, 0) is 63.9 Å². The number of amides is 1. The average Bonchev–Trinajstić information content (AvgIpc) is 2.75. The molecule has 0 aliphatic carbocycles. The molecule has 0 spiro atoms. The summed E-state index contributed by atoms with van der Waals surface area (Å²) >= 11 is 3.90. The molecule has 2 rings (SSSR count). The van der Waals surface area contributed by atoms with E-state index in [4.69, 9.17) is 0 Å². The van der Waals surface area contributed by atoms with Gasteiger partial charge in [0.1, 0.15) is 0 Å². The van der Waals surface area contributed by atoms with Crippen molar-refractivity contribution >= 4 is 46.2 Å². The summed E-state index contributed by atoms with van der Waals surface area (Å²) in [5, 5.41) is 13.6. The predicted octanol–water partition coefficient (Wildman–Crippen LogP) is 2.73. The second-order valence-electron chi connectivity index (χ2n) is 3.83. The molecule has 0 saturated heterocycles. The largest absolute Gasteiger partial charge is 0.289 e. The Labute approximate surface area is 135 Å². The minimum atomic E-state index is -0.206. The number of hydrogen-bond donors (Lipinski definition) is 1. The van der Waals surface area contributed by atoms with Crippen LogP contribution in [-0.2, 0) is 7.05 Å². The van der Waals surface area contributed by atoms with Gasteiger partial charge in [0.2, 0.25) is 5.95 Å². The van der Waals surface area contributed by atoms with Gasteiger partial charge >= 0.3 is 0 Å². The van der Waals surface area contributed by atoms with E-state index < -0.39 is 0 Å². The van der Waals surface area contributed by atoms with Gasteiger partial charge in [0, 0.05) is 21.1 Å². The molecule has 0 bridgehead atoms. The summed E-state index contributed by atoms with van der Waals surface area (Å²) < 4.78 is 2.55. The van der Waals surface area contributed by atoms with Gasteiger partial charge in [0.25, 0.3) is 5.91 Å². The van der Waals surface area contributed by atoms with Gasteiger partial charge in [0.15, 0.2) is 0 Å². The standard InChI is InChI=1S/C11H12IN5OS.CH4/c1-6-7(4-5-8(12)9(6)19-3)10(18)13-11-14-15-16-17(11)2;/h4-5H,1-3H3,(H,13,14,16,18);1H4. The van der Waals surface area contributed by atoms with Crippen LogP contribution in [0.15, 0.2) is 17.0 Å². The van der Waals surface area contributed by atoms with Gasteiger partial charge in [0.05, 0.1) is 0 Å². The Kier molecular flexibility index (Phi) is 5.93. The van der Waals surface area contributed by atoms with E-state index in [9.17, 15) is 4.79 Å². The maximum absolute atomic E-state index is 12.2. The Bertz CT molecular complexity index is 628. The molecule has 1 amide bonds. The molecule has 8 heteroatoms. The highest BCUT2D eigenvalue weighted by molar-refractivity contribution is 14.1. The number of hydrogen-bond acceptors (Lipinski definition) is 5. The molecule has 1 aromatic heterocycles. The van der Waals surface area contributed by atoms with Crippen molar-refractivity contribution < 1.29 is 4.79 Å². The van der Waals surface area contributed by atoms with Gasteiger partial charge in [-0.1, -0.05) is 12.5 Å². The zero-order chi connectivity index (χ0) is 14.0. The highest BCUT2D eigenvalue weighted by Gasteiger charge is 2.15. The van der Waals surface area contributed by atoms with E-state index in [1.807, 2.05) is 25.3 Å². The summed E-state index contributed by atoms with van der Waals surface area (Å²) in [5.41, 5.74) is 1.60. The molecule has 1 heterocycles. The number of nitrogens with one attached hydrogen (secondary N) is 1. The second kappa shape index (κ2) is 7.02. The smallest absolute Gasteiger partial charge is 0.258 e. The van der Waals surface area contributed by atoms with Crippen molar-refractivity contribution in [3.05, 3.63) is 26.8 Å². The van der Waals surface area contributed by atoms with E-state index in [0.717, 1.165) is 14.0 Å². The predicted molar refractivity (Wildman–Crippen MR) is 89.2 cm³/mol. The van der Waals surface area contributed by atoms with Crippen molar-refractivity contribution in [1.29, 1.82) is 0 Å². The number of aryl methyl sites for hydroxylation is 1. The van der Waals surface area contributed by atoms with Gasteiger partial charge in [-0.15, -0.1) is 11.8 Å². The van der Waals surface area contributed by atoms with Gasteiger partial charge in [-0.2, -0.15) is 0 Å². The quantitative estimate of drug-likeness (QED) is 0.628. The number of tetrazole rings is 1. The maximum Gasteiger partial charge on any atom is 0.258 e. The number of nitrogens with zero attached hydrogens (tertiary/aromatic N) is 4. The number of benzene rings is 1. The van der Waals surface area contributed by atoms with Crippen molar-refractivity contribution in [1.82, 2.24) is 20.2 Å². The third kappa shape index (κ3) is 3.29. The van der Waals surface area contributed by atoms with Crippen LogP contribution < -0.4 is 5.32 Å². The monoisotopic (exact) mass is 405 g/mol. The number of thioether (sulfide) groups is 1. The number of carbonyl (C=O) groups excluding carboxylic acids is 1. The maximum atomic E-state index is 12.2. The number of rotatable bonds is 3. The van der Waals surface area contributed by atoms with Gasteiger partial charge in [-0.3, -0.25) is 10.1 Å². The topological polar surface area (TPSA) is 72.7 Å². The minimum absolute atomic E-state index is 0. The summed E-state index contributed by atoms with van der Waals surface area (Å²) in [6.45, 7) is 1.94. The van der Waals surface area contributed by atoms with E-state index in [1.165, 1.54) is 4.68 Å². The normalized spacial score (nSPS) is 10.0. The Morgan fingerprint density at radius 3 is 2.70 bits per heavy atom. The zero-order valence-corrected chi connectivity index (χ0v) is 13.6. The van der Waals surface area contributed by atoms with Crippen molar-refractivity contribution in [2.24, 2.45) is 7.05 Å². The number of aromatic nitrogens is 4. The molecule has 0 saturated carbocycles. The molecule has 0 atom stereocenters. The number of carbonyl (C=O) groups is 1. The molecule has 0 unspecified atom stereocenters. The van der Waals surface area contributed by atoms with Crippen LogP contribution in [0, 0.1) is 10.5 Å². The minimum Gasteiger partial charge on any atom is -0.289 e. The summed E-state index contributed by atoms with van der Waals surface area (Å²) in [6.07, 6.45) is 2.00. The first kappa shape index (κ1) is 16.9. The SMILES string of the molecule is C.CSc1c(I)ccc(C(=O)Nc2nnnn2C)c1C. The summed E-state index contributed by atoms with van der Waals surface area (Å²) in [6, 6.07) is 3.75. The number of anilines is 1. The average molecular weight is 405 g/mol. The van der Waals surface area contributed by atoms with Crippen LogP contribution in [0.1, 0.15) is 23.3 Å². The van der Waals surface area contributed by atoms with Crippen LogP contribution in [0.2, 0.25) is 0 Å². The number of halogens is 1. The third-order valence-corrected chi connectivity index (χ3v) is 4.85. The Hall–Kier alpha value is -1.16. The molecule has 108 valence electrons. The van der Waals surface area contributed by atoms with E-state index in [0.29, 0.717) is 11.5 Å². The first-order chi connectivity index (χ1) is 9.04. The fraction of sp³-hybridized carbons (Fsp3) is 0.333. The van der Waals surface area contributed by atoms with E-state index in [1.54, 1.807) is 18.8 Å². The van der Waals surface area contributed by atoms with E-state index >= 15 is 0 Å². The first-order valence-corrected chi connectivity index (χ1v) is 7.71. The fourth-order valence-electron chi connectivity index (χ4n) is 1.66. The van der Waals surface area contributed by atoms with E-state index in [2.05, 4.69) is 43.4 Å². The van der Waals surface area contributed by atoms with Gasteiger partial charge in [-0.25, -0.2) is 4.68 Å². The van der Waals surface area contributed by atoms with Crippen LogP contribution in [0.4, 0.5) is 5.95 Å². The molecule has 1 N–H and O–H groups in total. The van der Waals surface area contributed by atoms with Crippen LogP contribution >= 0.6 is 34.4 Å². The van der Waals surface area contributed by atoms with Crippen LogP contribution in [0.25, 0.3) is 0 Å². The van der Waals surface area contributed by atoms with Crippen LogP contribution in [-0.4, -0.2) is 32.4 Å². The third-order valence-electron chi connectivity index (χ3n) is 2.65. The molecule has 0 aliphatic heterocycles. The van der Waals surface area contributed by atoms with Crippen molar-refractivity contribution in [2.75, 3.05) is 11.6 Å². The Morgan fingerprint density at radius 1 is 1.45 bits per heavy atom. The lowest BCUT2D eigenvalue weighted by Gasteiger charge is -2.11. The van der Waals surface area contributed by atoms with Crippen molar-refractivity contribution in [3.8, 4) is 0 Å². The van der Waals surface area contributed by atoms with E-state index in [-0.39, 0.29) is 13.3 Å². The van der Waals surface area contributed by atoms with Crippen molar-refractivity contribution in [2.45, 2.75) is 19.2 Å². The lowest BCUT2D eigenvalue weighted by Crippen LogP contribution is -2.17. The molecule has 6 nitrogen and oxygen atoms in total. The molecular weight excluding hydrogens is 389 g/mol. The summed E-state index contributed by atoms with van der Waals surface area (Å²) in [5.74, 6) is 0.121. The first-order valence-electron chi connectivity index (χ1n) is 5.41. The van der Waals surface area contributed by atoms with Gasteiger partial charge < -0.3 is 0 Å². The second-order valence-corrected chi connectivity index (χ2v) is 5.81. The molecular formula is C12H16IN5OS. The zero-order valence-electron chi connectivity index (χ0n) is 10.6. The Balaban J connectivity index is 0.00000200. The van der Waals surface area contributed by atoms with Crippen molar-refractivity contribution in [3.63, 3.8) is 0 Å². The lowest BCUT2D eigenvalue weighted by atomic mass is 10.1. The lowest BCUT2D eigenvalue weighted by molar-refractivity contribution is 0.102. The molecule has 2 aromatic rings. The fourth-order valence-corrected chi connectivity index (χ4v) is 3.58. The molecule has 20 heavy (non-hydrogen) atoms. The molecule has 1 aromatic carbocycles. The Morgan fingerprint density at radius 2 is 2.15 bits per heavy atom. The molecule has 0 fully saturated rings. The highest BCUT2D eigenvalue weighted by Crippen LogP contribution is 2.28.